The molecule has 2 amide bonds. The molecule has 5 nitrogen and oxygen atoms in total. The SMILES string of the molecule is Cc1ccc(N2C(=O)[C@@H]3[C@@H](c4ccccc4C)N(c4ccccc4)O[C@H]3C2=O)cc1. The number of anilines is 2. The molecule has 30 heavy (non-hydrogen) atoms. The van der Waals surface area contributed by atoms with E-state index in [1.54, 1.807) is 5.06 Å². The van der Waals surface area contributed by atoms with E-state index in [1.165, 1.54) is 4.90 Å². The normalized spacial score (nSPS) is 23.2. The second-order valence-electron chi connectivity index (χ2n) is 7.86. The summed E-state index contributed by atoms with van der Waals surface area (Å²) in [7, 11) is 0. The van der Waals surface area contributed by atoms with Crippen LogP contribution in [0.25, 0.3) is 0 Å². The third-order valence-corrected chi connectivity index (χ3v) is 5.93. The van der Waals surface area contributed by atoms with Gasteiger partial charge in [0.25, 0.3) is 5.91 Å². The van der Waals surface area contributed by atoms with Gasteiger partial charge in [-0.15, -0.1) is 0 Å². The first-order valence-electron chi connectivity index (χ1n) is 10.1. The number of benzene rings is 3. The van der Waals surface area contributed by atoms with Crippen LogP contribution < -0.4 is 9.96 Å². The number of aryl methyl sites for hydroxylation is 2. The summed E-state index contributed by atoms with van der Waals surface area (Å²) in [6.07, 6.45) is -0.844. The predicted octanol–water partition coefficient (Wildman–Crippen LogP) is 4.35. The topological polar surface area (TPSA) is 49.9 Å². The van der Waals surface area contributed by atoms with Crippen molar-refractivity contribution < 1.29 is 14.4 Å². The molecule has 5 rings (SSSR count). The van der Waals surface area contributed by atoms with Gasteiger partial charge in [-0.3, -0.25) is 14.4 Å². The van der Waals surface area contributed by atoms with Crippen molar-refractivity contribution in [2.24, 2.45) is 5.92 Å². The van der Waals surface area contributed by atoms with Crippen LogP contribution in [-0.2, 0) is 14.4 Å². The lowest BCUT2D eigenvalue weighted by Gasteiger charge is -2.29. The summed E-state index contributed by atoms with van der Waals surface area (Å²) >= 11 is 0. The number of hydrogen-bond acceptors (Lipinski definition) is 4. The minimum absolute atomic E-state index is 0.222. The Labute approximate surface area is 175 Å². The molecule has 2 heterocycles. The fraction of sp³-hybridized carbons (Fsp3) is 0.200. The number of hydroxylamine groups is 1. The highest BCUT2D eigenvalue weighted by Gasteiger charge is 2.60. The molecule has 2 aliphatic rings. The number of fused-ring (bicyclic) bond motifs is 1. The molecule has 5 heteroatoms. The first-order valence-corrected chi connectivity index (χ1v) is 10.1. The number of para-hydroxylation sites is 1. The molecule has 0 N–H and O–H groups in total. The molecule has 0 aromatic heterocycles. The van der Waals surface area contributed by atoms with Gasteiger partial charge < -0.3 is 0 Å². The molecule has 2 aliphatic heterocycles. The van der Waals surface area contributed by atoms with Gasteiger partial charge in [0.05, 0.1) is 17.4 Å². The Morgan fingerprint density at radius 1 is 0.733 bits per heavy atom. The second-order valence-corrected chi connectivity index (χ2v) is 7.86. The maximum atomic E-state index is 13.6. The fourth-order valence-corrected chi connectivity index (χ4v) is 4.40. The standard InChI is InChI=1S/C25H22N2O3/c1-16-12-14-18(15-13-16)26-24(28)21-22(20-11-7-6-8-17(20)2)27(30-23(21)25(26)29)19-9-4-3-5-10-19/h3-15,21-23H,1-2H3/t21-,22-,23-/m1/s1. The van der Waals surface area contributed by atoms with Gasteiger partial charge in [0.2, 0.25) is 5.91 Å². The Balaban J connectivity index is 1.60. The average molecular weight is 398 g/mol. The zero-order chi connectivity index (χ0) is 20.8. The van der Waals surface area contributed by atoms with E-state index in [1.807, 2.05) is 92.7 Å². The monoisotopic (exact) mass is 398 g/mol. The van der Waals surface area contributed by atoms with Crippen molar-refractivity contribution >= 4 is 23.2 Å². The Bertz CT molecular complexity index is 1110. The number of hydrogen-bond donors (Lipinski definition) is 0. The zero-order valence-electron chi connectivity index (χ0n) is 16.9. The van der Waals surface area contributed by atoms with Crippen molar-refractivity contribution in [1.82, 2.24) is 0 Å². The van der Waals surface area contributed by atoms with Crippen LogP contribution in [0.4, 0.5) is 11.4 Å². The van der Waals surface area contributed by atoms with Gasteiger partial charge in [0, 0.05) is 0 Å². The number of rotatable bonds is 3. The van der Waals surface area contributed by atoms with E-state index in [4.69, 9.17) is 4.84 Å². The van der Waals surface area contributed by atoms with Crippen molar-refractivity contribution in [3.63, 3.8) is 0 Å². The summed E-state index contributed by atoms with van der Waals surface area (Å²) in [5, 5.41) is 1.74. The Morgan fingerprint density at radius 3 is 2.10 bits per heavy atom. The van der Waals surface area contributed by atoms with E-state index in [0.29, 0.717) is 5.69 Å². The van der Waals surface area contributed by atoms with E-state index < -0.39 is 12.0 Å². The maximum absolute atomic E-state index is 13.6. The minimum Gasteiger partial charge on any atom is -0.273 e. The highest BCUT2D eigenvalue weighted by molar-refractivity contribution is 6.23. The van der Waals surface area contributed by atoms with Crippen molar-refractivity contribution in [3.05, 3.63) is 95.6 Å². The summed E-state index contributed by atoms with van der Waals surface area (Å²) < 4.78 is 0. The van der Waals surface area contributed by atoms with E-state index in [0.717, 1.165) is 22.4 Å². The fourth-order valence-electron chi connectivity index (χ4n) is 4.40. The van der Waals surface area contributed by atoms with Crippen molar-refractivity contribution in [3.8, 4) is 0 Å². The van der Waals surface area contributed by atoms with Crippen LogP contribution in [0, 0.1) is 19.8 Å². The lowest BCUT2D eigenvalue weighted by atomic mass is 9.88. The van der Waals surface area contributed by atoms with E-state index in [2.05, 4.69) is 0 Å². The number of carbonyl (C=O) groups is 2. The third-order valence-electron chi connectivity index (χ3n) is 5.93. The van der Waals surface area contributed by atoms with Crippen molar-refractivity contribution in [1.29, 1.82) is 0 Å². The predicted molar refractivity (Wildman–Crippen MR) is 115 cm³/mol. The van der Waals surface area contributed by atoms with E-state index in [9.17, 15) is 9.59 Å². The van der Waals surface area contributed by atoms with E-state index >= 15 is 0 Å². The Morgan fingerprint density at radius 2 is 1.40 bits per heavy atom. The summed E-state index contributed by atoms with van der Waals surface area (Å²) in [6, 6.07) is 24.6. The van der Waals surface area contributed by atoms with Gasteiger partial charge in [-0.2, -0.15) is 0 Å². The van der Waals surface area contributed by atoms with Gasteiger partial charge in [0.15, 0.2) is 6.10 Å². The van der Waals surface area contributed by atoms with Gasteiger partial charge in [-0.05, 0) is 49.2 Å². The van der Waals surface area contributed by atoms with Crippen LogP contribution in [0.15, 0.2) is 78.9 Å². The van der Waals surface area contributed by atoms with Gasteiger partial charge in [-0.1, -0.05) is 60.2 Å². The first-order chi connectivity index (χ1) is 14.6. The molecule has 3 aromatic carbocycles. The van der Waals surface area contributed by atoms with Crippen LogP contribution in [0.2, 0.25) is 0 Å². The molecule has 2 fully saturated rings. The third kappa shape index (κ3) is 2.82. The smallest absolute Gasteiger partial charge is 0.266 e. The molecule has 0 spiro atoms. The molecule has 0 aliphatic carbocycles. The van der Waals surface area contributed by atoms with Gasteiger partial charge in [0.1, 0.15) is 5.92 Å². The van der Waals surface area contributed by atoms with Gasteiger partial charge in [-0.25, -0.2) is 9.96 Å². The molecule has 3 aromatic rings. The Kier molecular flexibility index (Phi) is 4.40. The molecule has 3 atom stereocenters. The molecule has 2 saturated heterocycles. The van der Waals surface area contributed by atoms with Crippen LogP contribution in [0.1, 0.15) is 22.7 Å². The summed E-state index contributed by atoms with van der Waals surface area (Å²) in [4.78, 5) is 34.3. The lowest BCUT2D eigenvalue weighted by molar-refractivity contribution is -0.126. The van der Waals surface area contributed by atoms with Crippen LogP contribution in [-0.4, -0.2) is 17.9 Å². The highest BCUT2D eigenvalue weighted by atomic mass is 16.7. The van der Waals surface area contributed by atoms with Crippen LogP contribution >= 0.6 is 0 Å². The molecule has 0 bridgehead atoms. The van der Waals surface area contributed by atoms with Crippen LogP contribution in [0.3, 0.4) is 0 Å². The molecule has 0 saturated carbocycles. The molecular weight excluding hydrogens is 376 g/mol. The molecule has 0 radical (unpaired) electrons. The summed E-state index contributed by atoms with van der Waals surface area (Å²) in [6.45, 7) is 3.99. The second kappa shape index (κ2) is 7.11. The lowest BCUT2D eigenvalue weighted by Crippen LogP contribution is -2.37. The minimum atomic E-state index is -0.844. The largest absolute Gasteiger partial charge is 0.273 e. The van der Waals surface area contributed by atoms with Crippen molar-refractivity contribution in [2.45, 2.75) is 26.0 Å². The number of imide groups is 1. The number of nitrogens with zero attached hydrogens (tertiary/aromatic N) is 2. The summed E-state index contributed by atoms with van der Waals surface area (Å²) in [5.41, 5.74) is 4.52. The molecular formula is C25H22N2O3. The first kappa shape index (κ1) is 18.6. The number of carbonyl (C=O) groups excluding carboxylic acids is 2. The Hall–Kier alpha value is -3.44. The molecule has 0 unspecified atom stereocenters. The molecule has 150 valence electrons. The quantitative estimate of drug-likeness (QED) is 0.616. The van der Waals surface area contributed by atoms with Crippen LogP contribution in [0.5, 0.6) is 0 Å². The average Bonchev–Trinajstić information content (AvgIpc) is 3.26. The van der Waals surface area contributed by atoms with Gasteiger partial charge >= 0.3 is 0 Å². The van der Waals surface area contributed by atoms with E-state index in [-0.39, 0.29) is 17.9 Å². The highest BCUT2D eigenvalue weighted by Crippen LogP contribution is 2.48. The number of amides is 2. The summed E-state index contributed by atoms with van der Waals surface area (Å²) in [5.74, 6) is -1.15. The maximum Gasteiger partial charge on any atom is 0.266 e. The zero-order valence-corrected chi connectivity index (χ0v) is 16.9. The van der Waals surface area contributed by atoms with Crippen molar-refractivity contribution in [2.75, 3.05) is 9.96 Å².